The van der Waals surface area contributed by atoms with Gasteiger partial charge in [-0.1, -0.05) is 0 Å². The zero-order chi connectivity index (χ0) is 13.2. The molecule has 7 heteroatoms. The van der Waals surface area contributed by atoms with Crippen LogP contribution < -0.4 is 10.2 Å². The number of nitrogens with zero attached hydrogens (tertiary/aromatic N) is 4. The summed E-state index contributed by atoms with van der Waals surface area (Å²) in [6.07, 6.45) is 0. The van der Waals surface area contributed by atoms with Crippen molar-refractivity contribution in [3.63, 3.8) is 0 Å². The molecular formula is C11H18ClN5O. The van der Waals surface area contributed by atoms with E-state index >= 15 is 0 Å². The number of anilines is 2. The number of hydrogen-bond acceptors (Lipinski definition) is 6. The summed E-state index contributed by atoms with van der Waals surface area (Å²) in [5.41, 5.74) is -0.118. The summed E-state index contributed by atoms with van der Waals surface area (Å²) in [5.74, 6) is 1.11. The van der Waals surface area contributed by atoms with Gasteiger partial charge in [0.1, 0.15) is 0 Å². The largest absolute Gasteiger partial charge is 0.378 e. The molecule has 0 atom stereocenters. The summed E-state index contributed by atoms with van der Waals surface area (Å²) in [6, 6.07) is 0. The quantitative estimate of drug-likeness (QED) is 0.881. The Balaban J connectivity index is 2.20. The molecule has 0 amide bonds. The van der Waals surface area contributed by atoms with Crippen LogP contribution in [-0.4, -0.2) is 46.8 Å². The molecule has 2 rings (SSSR count). The highest BCUT2D eigenvalue weighted by Crippen LogP contribution is 2.17. The van der Waals surface area contributed by atoms with Crippen molar-refractivity contribution in [2.75, 3.05) is 36.5 Å². The first-order chi connectivity index (χ1) is 8.44. The Bertz CT molecular complexity index is 414. The van der Waals surface area contributed by atoms with Gasteiger partial charge in [-0.2, -0.15) is 15.0 Å². The minimum absolute atomic E-state index is 0.118. The molecule has 0 aromatic carbocycles. The molecule has 0 radical (unpaired) electrons. The van der Waals surface area contributed by atoms with Crippen LogP contribution in [0.2, 0.25) is 5.28 Å². The summed E-state index contributed by atoms with van der Waals surface area (Å²) in [4.78, 5) is 14.7. The van der Waals surface area contributed by atoms with E-state index in [9.17, 15) is 0 Å². The summed E-state index contributed by atoms with van der Waals surface area (Å²) in [6.45, 7) is 9.04. The number of ether oxygens (including phenoxy) is 1. The van der Waals surface area contributed by atoms with Crippen molar-refractivity contribution in [2.24, 2.45) is 0 Å². The van der Waals surface area contributed by atoms with Crippen molar-refractivity contribution in [3.8, 4) is 0 Å². The molecule has 0 saturated carbocycles. The van der Waals surface area contributed by atoms with Crippen LogP contribution in [0.3, 0.4) is 0 Å². The summed E-state index contributed by atoms with van der Waals surface area (Å²) >= 11 is 5.94. The molecule has 100 valence electrons. The molecule has 0 spiro atoms. The molecule has 1 aromatic heterocycles. The lowest BCUT2D eigenvalue weighted by Gasteiger charge is -2.27. The van der Waals surface area contributed by atoms with Crippen molar-refractivity contribution in [1.82, 2.24) is 15.0 Å². The van der Waals surface area contributed by atoms with Crippen molar-refractivity contribution >= 4 is 23.5 Å². The van der Waals surface area contributed by atoms with Crippen LogP contribution in [0, 0.1) is 0 Å². The predicted octanol–water partition coefficient (Wildman–Crippen LogP) is 1.57. The molecule has 1 N–H and O–H groups in total. The maximum Gasteiger partial charge on any atom is 0.231 e. The Morgan fingerprint density at radius 2 is 1.83 bits per heavy atom. The number of aromatic nitrogens is 3. The van der Waals surface area contributed by atoms with E-state index in [0.29, 0.717) is 25.1 Å². The fourth-order valence-corrected chi connectivity index (χ4v) is 1.79. The van der Waals surface area contributed by atoms with Gasteiger partial charge in [0.05, 0.1) is 13.2 Å². The maximum atomic E-state index is 5.94. The van der Waals surface area contributed by atoms with Gasteiger partial charge in [-0.3, -0.25) is 0 Å². The first-order valence-corrected chi connectivity index (χ1v) is 6.34. The van der Waals surface area contributed by atoms with E-state index < -0.39 is 0 Å². The van der Waals surface area contributed by atoms with Crippen molar-refractivity contribution in [3.05, 3.63) is 5.28 Å². The standard InChI is InChI=1S/C11H18ClN5O/c1-11(2,3)16-9-13-8(12)14-10(15-9)17-4-6-18-7-5-17/h4-7H2,1-3H3,(H,13,14,15,16). The first-order valence-electron chi connectivity index (χ1n) is 5.96. The van der Waals surface area contributed by atoms with Crippen LogP contribution >= 0.6 is 11.6 Å². The smallest absolute Gasteiger partial charge is 0.231 e. The highest BCUT2D eigenvalue weighted by atomic mass is 35.5. The summed E-state index contributed by atoms with van der Waals surface area (Å²) < 4.78 is 5.30. The van der Waals surface area contributed by atoms with Crippen LogP contribution in [0.15, 0.2) is 0 Å². The van der Waals surface area contributed by atoms with E-state index in [4.69, 9.17) is 16.3 Å². The van der Waals surface area contributed by atoms with E-state index in [1.165, 1.54) is 0 Å². The highest BCUT2D eigenvalue weighted by Gasteiger charge is 2.18. The first kappa shape index (κ1) is 13.3. The van der Waals surface area contributed by atoms with E-state index in [0.717, 1.165) is 13.1 Å². The molecule has 2 heterocycles. The minimum atomic E-state index is -0.118. The van der Waals surface area contributed by atoms with Gasteiger partial charge < -0.3 is 15.0 Å². The van der Waals surface area contributed by atoms with Gasteiger partial charge in [0.15, 0.2) is 0 Å². The second-order valence-electron chi connectivity index (χ2n) is 5.20. The van der Waals surface area contributed by atoms with Gasteiger partial charge in [0.2, 0.25) is 17.2 Å². The van der Waals surface area contributed by atoms with Crippen LogP contribution in [0.4, 0.5) is 11.9 Å². The molecular weight excluding hydrogens is 254 g/mol. The van der Waals surface area contributed by atoms with E-state index in [1.807, 2.05) is 25.7 Å². The monoisotopic (exact) mass is 271 g/mol. The fraction of sp³-hybridized carbons (Fsp3) is 0.727. The third-order valence-corrected chi connectivity index (χ3v) is 2.55. The van der Waals surface area contributed by atoms with Crippen LogP contribution in [0.5, 0.6) is 0 Å². The molecule has 1 aliphatic heterocycles. The average molecular weight is 272 g/mol. The predicted molar refractivity (Wildman–Crippen MR) is 71.2 cm³/mol. The van der Waals surface area contributed by atoms with Gasteiger partial charge in [-0.05, 0) is 32.4 Å². The minimum Gasteiger partial charge on any atom is -0.378 e. The fourth-order valence-electron chi connectivity index (χ4n) is 1.64. The number of nitrogens with one attached hydrogen (secondary N) is 1. The average Bonchev–Trinajstić information content (AvgIpc) is 2.27. The van der Waals surface area contributed by atoms with Crippen molar-refractivity contribution in [2.45, 2.75) is 26.3 Å². The molecule has 1 fully saturated rings. The van der Waals surface area contributed by atoms with E-state index in [-0.39, 0.29) is 10.8 Å². The Hall–Kier alpha value is -1.14. The lowest BCUT2D eigenvalue weighted by molar-refractivity contribution is 0.122. The van der Waals surface area contributed by atoms with E-state index in [1.54, 1.807) is 0 Å². The molecule has 0 aliphatic carbocycles. The molecule has 1 aliphatic rings. The van der Waals surface area contributed by atoms with Gasteiger partial charge in [-0.25, -0.2) is 0 Å². The Morgan fingerprint density at radius 3 is 2.44 bits per heavy atom. The molecule has 0 unspecified atom stereocenters. The van der Waals surface area contributed by atoms with Crippen molar-refractivity contribution in [1.29, 1.82) is 0 Å². The SMILES string of the molecule is CC(C)(C)Nc1nc(Cl)nc(N2CCOCC2)n1. The molecule has 1 saturated heterocycles. The summed E-state index contributed by atoms with van der Waals surface area (Å²) in [5, 5.41) is 3.40. The Kier molecular flexibility index (Phi) is 3.87. The number of hydrogen-bond donors (Lipinski definition) is 1. The molecule has 18 heavy (non-hydrogen) atoms. The topological polar surface area (TPSA) is 63.2 Å². The Labute approximate surface area is 112 Å². The second kappa shape index (κ2) is 5.24. The Morgan fingerprint density at radius 1 is 1.17 bits per heavy atom. The zero-order valence-corrected chi connectivity index (χ0v) is 11.7. The number of rotatable bonds is 2. The maximum absolute atomic E-state index is 5.94. The van der Waals surface area contributed by atoms with Crippen LogP contribution in [0.25, 0.3) is 0 Å². The molecule has 1 aromatic rings. The van der Waals surface area contributed by atoms with Crippen LogP contribution in [0.1, 0.15) is 20.8 Å². The summed E-state index contributed by atoms with van der Waals surface area (Å²) in [7, 11) is 0. The lowest BCUT2D eigenvalue weighted by Crippen LogP contribution is -2.38. The third kappa shape index (κ3) is 3.68. The van der Waals surface area contributed by atoms with Crippen molar-refractivity contribution < 1.29 is 4.74 Å². The second-order valence-corrected chi connectivity index (χ2v) is 5.54. The van der Waals surface area contributed by atoms with Gasteiger partial charge in [-0.15, -0.1) is 0 Å². The van der Waals surface area contributed by atoms with Crippen LogP contribution in [-0.2, 0) is 4.74 Å². The number of halogens is 1. The van der Waals surface area contributed by atoms with E-state index in [2.05, 4.69) is 20.3 Å². The molecule has 0 bridgehead atoms. The highest BCUT2D eigenvalue weighted by molar-refractivity contribution is 6.28. The normalized spacial score (nSPS) is 16.8. The van der Waals surface area contributed by atoms with Gasteiger partial charge in [0.25, 0.3) is 0 Å². The lowest BCUT2D eigenvalue weighted by atomic mass is 10.1. The van der Waals surface area contributed by atoms with Gasteiger partial charge in [0, 0.05) is 18.6 Å². The number of morpholine rings is 1. The van der Waals surface area contributed by atoms with Gasteiger partial charge >= 0.3 is 0 Å². The zero-order valence-electron chi connectivity index (χ0n) is 10.9. The molecule has 6 nitrogen and oxygen atoms in total. The third-order valence-electron chi connectivity index (χ3n) is 2.38.